The maximum atomic E-state index is 11.6. The average molecular weight is 228 g/mol. The first-order chi connectivity index (χ1) is 7.33. The van der Waals surface area contributed by atoms with Crippen LogP contribution in [0.4, 0.5) is 0 Å². The van der Waals surface area contributed by atoms with Gasteiger partial charge in [0.25, 0.3) is 0 Å². The van der Waals surface area contributed by atoms with Gasteiger partial charge in [0, 0.05) is 0 Å². The highest BCUT2D eigenvalue weighted by Crippen LogP contribution is 2.31. The summed E-state index contributed by atoms with van der Waals surface area (Å²) >= 11 is 1.45. The van der Waals surface area contributed by atoms with E-state index in [2.05, 4.69) is 0 Å². The quantitative estimate of drug-likeness (QED) is 0.742. The zero-order valence-corrected chi connectivity index (χ0v) is 9.21. The van der Waals surface area contributed by atoms with Crippen molar-refractivity contribution in [3.8, 4) is 0 Å². The molecule has 0 amide bonds. The van der Waals surface area contributed by atoms with Crippen LogP contribution in [0.3, 0.4) is 0 Å². The van der Waals surface area contributed by atoms with Crippen molar-refractivity contribution < 1.29 is 19.0 Å². The maximum Gasteiger partial charge on any atom is 0.339 e. The molecule has 1 aromatic rings. The van der Waals surface area contributed by atoms with Crippen LogP contribution in [0.25, 0.3) is 0 Å². The summed E-state index contributed by atoms with van der Waals surface area (Å²) < 4.78 is 15.6. The highest BCUT2D eigenvalue weighted by molar-refractivity contribution is 7.10. The summed E-state index contributed by atoms with van der Waals surface area (Å²) in [7, 11) is 0. The highest BCUT2D eigenvalue weighted by atomic mass is 32.1. The van der Waals surface area contributed by atoms with Gasteiger partial charge in [-0.1, -0.05) is 0 Å². The predicted octanol–water partition coefficient (Wildman–Crippen LogP) is 1.97. The van der Waals surface area contributed by atoms with E-state index in [9.17, 15) is 4.79 Å². The van der Waals surface area contributed by atoms with Crippen LogP contribution in [0.1, 0.15) is 28.4 Å². The van der Waals surface area contributed by atoms with Gasteiger partial charge < -0.3 is 14.2 Å². The van der Waals surface area contributed by atoms with Crippen molar-refractivity contribution in [2.75, 3.05) is 19.8 Å². The van der Waals surface area contributed by atoms with Crippen molar-refractivity contribution in [1.82, 2.24) is 0 Å². The van der Waals surface area contributed by atoms with Crippen molar-refractivity contribution in [3.63, 3.8) is 0 Å². The molecule has 2 heterocycles. The maximum absolute atomic E-state index is 11.6. The number of carbonyl (C=O) groups excluding carboxylic acids is 1. The highest BCUT2D eigenvalue weighted by Gasteiger charge is 2.25. The van der Waals surface area contributed by atoms with E-state index >= 15 is 0 Å². The minimum absolute atomic E-state index is 0.312. The molecule has 0 aliphatic carbocycles. The summed E-state index contributed by atoms with van der Waals surface area (Å²) in [6.07, 6.45) is -0.399. The third-order valence-corrected chi connectivity index (χ3v) is 2.96. The normalized spacial score (nSPS) is 16.9. The lowest BCUT2D eigenvalue weighted by molar-refractivity contribution is -0.0421. The molecule has 1 aliphatic heterocycles. The summed E-state index contributed by atoms with van der Waals surface area (Å²) in [5.41, 5.74) is 0.550. The molecular weight excluding hydrogens is 216 g/mol. The number of thiophene rings is 1. The fraction of sp³-hybridized carbons (Fsp3) is 0.500. The van der Waals surface area contributed by atoms with Crippen LogP contribution in [0.2, 0.25) is 0 Å². The lowest BCUT2D eigenvalue weighted by Crippen LogP contribution is -2.08. The van der Waals surface area contributed by atoms with Crippen molar-refractivity contribution in [1.29, 1.82) is 0 Å². The van der Waals surface area contributed by atoms with Crippen LogP contribution in [0.15, 0.2) is 11.4 Å². The van der Waals surface area contributed by atoms with E-state index < -0.39 is 6.29 Å². The third kappa shape index (κ3) is 2.19. The molecule has 1 aromatic heterocycles. The fourth-order valence-electron chi connectivity index (χ4n) is 1.39. The molecule has 2 rings (SSSR count). The van der Waals surface area contributed by atoms with Crippen molar-refractivity contribution >= 4 is 17.3 Å². The van der Waals surface area contributed by atoms with E-state index in [1.54, 1.807) is 13.0 Å². The molecule has 0 unspecified atom stereocenters. The summed E-state index contributed by atoms with van der Waals surface area (Å²) in [4.78, 5) is 12.4. The first kappa shape index (κ1) is 10.6. The lowest BCUT2D eigenvalue weighted by Gasteiger charge is -2.08. The van der Waals surface area contributed by atoms with E-state index in [0.29, 0.717) is 25.4 Å². The van der Waals surface area contributed by atoms with Crippen molar-refractivity contribution in [2.45, 2.75) is 13.2 Å². The number of hydrogen-bond donors (Lipinski definition) is 0. The van der Waals surface area contributed by atoms with Gasteiger partial charge in [0.15, 0.2) is 6.29 Å². The monoisotopic (exact) mass is 228 g/mol. The largest absolute Gasteiger partial charge is 0.462 e. The zero-order chi connectivity index (χ0) is 10.7. The smallest absolute Gasteiger partial charge is 0.339 e. The Morgan fingerprint density at radius 2 is 2.33 bits per heavy atom. The van der Waals surface area contributed by atoms with E-state index in [1.807, 2.05) is 5.38 Å². The van der Waals surface area contributed by atoms with Gasteiger partial charge >= 0.3 is 5.97 Å². The molecule has 0 spiro atoms. The van der Waals surface area contributed by atoms with Gasteiger partial charge in [0.05, 0.1) is 30.3 Å². The Hall–Kier alpha value is -0.910. The van der Waals surface area contributed by atoms with E-state index in [4.69, 9.17) is 14.2 Å². The lowest BCUT2D eigenvalue weighted by atomic mass is 10.2. The summed E-state index contributed by atoms with van der Waals surface area (Å²) in [6, 6.07) is 1.74. The first-order valence-corrected chi connectivity index (χ1v) is 5.68. The Kier molecular flexibility index (Phi) is 3.35. The fourth-order valence-corrected chi connectivity index (χ4v) is 2.27. The van der Waals surface area contributed by atoms with Crippen molar-refractivity contribution in [3.05, 3.63) is 21.9 Å². The van der Waals surface area contributed by atoms with Gasteiger partial charge in [-0.15, -0.1) is 11.3 Å². The standard InChI is InChI=1S/C10H12O4S/c1-2-12-9(11)7-3-6-15-8(7)10-13-4-5-14-10/h3,6,10H,2,4-5H2,1H3. The minimum atomic E-state index is -0.399. The average Bonchev–Trinajstić information content (AvgIpc) is 2.88. The zero-order valence-electron chi connectivity index (χ0n) is 8.39. The molecule has 0 aromatic carbocycles. The van der Waals surface area contributed by atoms with E-state index in [0.717, 1.165) is 4.88 Å². The van der Waals surface area contributed by atoms with Crippen LogP contribution in [-0.2, 0) is 14.2 Å². The first-order valence-electron chi connectivity index (χ1n) is 4.80. The van der Waals surface area contributed by atoms with Gasteiger partial charge in [-0.3, -0.25) is 0 Å². The molecule has 0 atom stereocenters. The van der Waals surface area contributed by atoms with Gasteiger partial charge in [-0.2, -0.15) is 0 Å². The molecule has 4 nitrogen and oxygen atoms in total. The topological polar surface area (TPSA) is 44.8 Å². The molecule has 0 bridgehead atoms. The number of esters is 1. The SMILES string of the molecule is CCOC(=O)c1ccsc1C1OCCO1. The van der Waals surface area contributed by atoms with Crippen LogP contribution in [0, 0.1) is 0 Å². The van der Waals surface area contributed by atoms with Crippen LogP contribution in [-0.4, -0.2) is 25.8 Å². The second kappa shape index (κ2) is 4.74. The van der Waals surface area contributed by atoms with E-state index in [-0.39, 0.29) is 5.97 Å². The summed E-state index contributed by atoms with van der Waals surface area (Å²) in [5, 5.41) is 1.84. The second-order valence-corrected chi connectivity index (χ2v) is 3.94. The molecule has 0 saturated carbocycles. The van der Waals surface area contributed by atoms with Gasteiger partial charge in [0.2, 0.25) is 0 Å². The molecule has 15 heavy (non-hydrogen) atoms. The molecular formula is C10H12O4S. The molecule has 1 saturated heterocycles. The minimum Gasteiger partial charge on any atom is -0.462 e. The Morgan fingerprint density at radius 3 is 3.00 bits per heavy atom. The Bertz CT molecular complexity index is 341. The van der Waals surface area contributed by atoms with Gasteiger partial charge in [0.1, 0.15) is 0 Å². The summed E-state index contributed by atoms with van der Waals surface area (Å²) in [6.45, 7) is 3.31. The van der Waals surface area contributed by atoms with E-state index in [1.165, 1.54) is 11.3 Å². The number of carbonyl (C=O) groups is 1. The van der Waals surface area contributed by atoms with Crippen molar-refractivity contribution in [2.24, 2.45) is 0 Å². The molecule has 1 aliphatic rings. The molecule has 1 fully saturated rings. The third-order valence-electron chi connectivity index (χ3n) is 2.03. The molecule has 0 radical (unpaired) electrons. The van der Waals surface area contributed by atoms with Gasteiger partial charge in [-0.25, -0.2) is 4.79 Å². The van der Waals surface area contributed by atoms with Crippen LogP contribution in [0.5, 0.6) is 0 Å². The number of hydrogen-bond acceptors (Lipinski definition) is 5. The number of rotatable bonds is 3. The summed E-state index contributed by atoms with van der Waals surface area (Å²) in [5.74, 6) is -0.312. The van der Waals surface area contributed by atoms with Gasteiger partial charge in [-0.05, 0) is 18.4 Å². The predicted molar refractivity (Wildman–Crippen MR) is 54.9 cm³/mol. The Balaban J connectivity index is 2.17. The molecule has 82 valence electrons. The molecule has 0 N–H and O–H groups in total. The van der Waals surface area contributed by atoms with Crippen LogP contribution >= 0.6 is 11.3 Å². The Labute approximate surface area is 91.8 Å². The second-order valence-electron chi connectivity index (χ2n) is 2.99. The number of ether oxygens (including phenoxy) is 3. The van der Waals surface area contributed by atoms with Crippen LogP contribution < -0.4 is 0 Å². The Morgan fingerprint density at radius 1 is 1.60 bits per heavy atom. The molecule has 5 heteroatoms.